The number of hydrogen-bond donors (Lipinski definition) is 2. The number of primary sulfonamides is 1. The van der Waals surface area contributed by atoms with Crippen LogP contribution in [0.2, 0.25) is 0 Å². The molecule has 1 aliphatic rings. The van der Waals surface area contributed by atoms with Gasteiger partial charge in [-0.25, -0.2) is 13.6 Å². The van der Waals surface area contributed by atoms with Crippen LogP contribution in [0.1, 0.15) is 0 Å². The lowest BCUT2D eigenvalue weighted by atomic mass is 10.2. The first-order valence-corrected chi connectivity index (χ1v) is 7.15. The fourth-order valence-corrected chi connectivity index (χ4v) is 2.68. The Kier molecular flexibility index (Phi) is 3.61. The third kappa shape index (κ3) is 2.78. The van der Waals surface area contributed by atoms with Crippen molar-refractivity contribution < 1.29 is 13.2 Å². The third-order valence-corrected chi connectivity index (χ3v) is 3.87. The van der Waals surface area contributed by atoms with Crippen LogP contribution in [0.3, 0.4) is 0 Å². The van der Waals surface area contributed by atoms with Crippen molar-refractivity contribution in [2.24, 2.45) is 5.14 Å². The monoisotopic (exact) mass is 282 g/mol. The van der Waals surface area contributed by atoms with E-state index in [1.54, 1.807) is 12.1 Å². The molecule has 1 fully saturated rings. The molecule has 102 valence electrons. The Morgan fingerprint density at radius 3 is 2.84 bits per heavy atom. The number of nitrogen functional groups attached to an aromatic ring is 1. The summed E-state index contributed by atoms with van der Waals surface area (Å²) in [5.74, 6) is 0. The van der Waals surface area contributed by atoms with E-state index in [0.29, 0.717) is 25.4 Å². The molecule has 19 heavy (non-hydrogen) atoms. The van der Waals surface area contributed by atoms with E-state index in [9.17, 15) is 8.42 Å². The minimum absolute atomic E-state index is 0.101. The van der Waals surface area contributed by atoms with Crippen LogP contribution in [0.25, 0.3) is 0 Å². The molecular weight excluding hydrogens is 268 g/mol. The summed E-state index contributed by atoms with van der Waals surface area (Å²) in [6, 6.07) is 6.65. The Morgan fingerprint density at radius 2 is 2.21 bits per heavy atom. The fraction of sp³-hybridized carbons (Fsp3) is 0.364. The van der Waals surface area contributed by atoms with E-state index >= 15 is 0 Å². The lowest BCUT2D eigenvalue weighted by Crippen LogP contribution is -2.42. The summed E-state index contributed by atoms with van der Waals surface area (Å²) in [6.45, 7) is 1.27. The van der Waals surface area contributed by atoms with Crippen molar-refractivity contribution in [1.82, 2.24) is 0 Å². The summed E-state index contributed by atoms with van der Waals surface area (Å²) in [7, 11) is -3.86. The number of anilines is 2. The number of nitriles is 1. The van der Waals surface area contributed by atoms with Crippen molar-refractivity contribution in [3.05, 3.63) is 18.2 Å². The van der Waals surface area contributed by atoms with E-state index in [4.69, 9.17) is 20.9 Å². The molecule has 0 aromatic heterocycles. The highest BCUT2D eigenvalue weighted by Crippen LogP contribution is 2.30. The highest BCUT2D eigenvalue weighted by atomic mass is 32.2. The van der Waals surface area contributed by atoms with E-state index in [1.807, 2.05) is 11.0 Å². The molecule has 4 N–H and O–H groups in total. The van der Waals surface area contributed by atoms with E-state index in [1.165, 1.54) is 6.07 Å². The standard InChI is InChI=1S/C11H14N4O3S/c12-6-8-7-15(4-5-18-8)9-2-1-3-10(11(9)13)19(14,16)17/h1-3,8H,4-5,7,13H2,(H2,14,16,17). The number of nitrogens with zero attached hydrogens (tertiary/aromatic N) is 2. The van der Waals surface area contributed by atoms with Crippen molar-refractivity contribution >= 4 is 21.4 Å². The molecule has 0 spiro atoms. The molecule has 1 saturated heterocycles. The highest BCUT2D eigenvalue weighted by molar-refractivity contribution is 7.89. The molecule has 1 unspecified atom stereocenters. The predicted molar refractivity (Wildman–Crippen MR) is 69.8 cm³/mol. The zero-order chi connectivity index (χ0) is 14.0. The van der Waals surface area contributed by atoms with Gasteiger partial charge in [-0.3, -0.25) is 0 Å². The van der Waals surface area contributed by atoms with Crippen LogP contribution in [0.4, 0.5) is 11.4 Å². The first kappa shape index (κ1) is 13.6. The second kappa shape index (κ2) is 5.05. The quantitative estimate of drug-likeness (QED) is 0.714. The van der Waals surface area contributed by atoms with Gasteiger partial charge in [-0.2, -0.15) is 5.26 Å². The fourth-order valence-electron chi connectivity index (χ4n) is 2.00. The number of morpholine rings is 1. The second-order valence-electron chi connectivity index (χ2n) is 4.17. The van der Waals surface area contributed by atoms with Gasteiger partial charge in [-0.15, -0.1) is 0 Å². The third-order valence-electron chi connectivity index (χ3n) is 2.90. The van der Waals surface area contributed by atoms with Crippen molar-refractivity contribution in [3.8, 4) is 6.07 Å². The summed E-state index contributed by atoms with van der Waals surface area (Å²) in [6.07, 6.45) is -0.550. The molecule has 8 heteroatoms. The predicted octanol–water partition coefficient (Wildman–Crippen LogP) is -0.355. The maximum atomic E-state index is 11.4. The van der Waals surface area contributed by atoms with Gasteiger partial charge < -0.3 is 15.4 Å². The molecule has 1 heterocycles. The average molecular weight is 282 g/mol. The summed E-state index contributed by atoms with van der Waals surface area (Å²) in [5.41, 5.74) is 6.51. The van der Waals surface area contributed by atoms with E-state index in [2.05, 4.69) is 0 Å². The normalized spacial score (nSPS) is 20.0. The van der Waals surface area contributed by atoms with E-state index < -0.39 is 16.1 Å². The minimum atomic E-state index is -3.86. The SMILES string of the molecule is N#CC1CN(c2cccc(S(N)(=O)=O)c2N)CCO1. The minimum Gasteiger partial charge on any atom is -0.396 e. The van der Waals surface area contributed by atoms with Crippen LogP contribution < -0.4 is 15.8 Å². The van der Waals surface area contributed by atoms with Crippen molar-refractivity contribution in [2.45, 2.75) is 11.0 Å². The Hall–Kier alpha value is -1.82. The molecule has 7 nitrogen and oxygen atoms in total. The number of benzene rings is 1. The molecule has 0 radical (unpaired) electrons. The number of rotatable bonds is 2. The smallest absolute Gasteiger partial charge is 0.240 e. The zero-order valence-electron chi connectivity index (χ0n) is 10.1. The number of nitrogens with two attached hydrogens (primary N) is 2. The zero-order valence-corrected chi connectivity index (χ0v) is 10.9. The molecule has 0 bridgehead atoms. The molecular formula is C11H14N4O3S. The number of para-hydroxylation sites is 1. The topological polar surface area (TPSA) is 122 Å². The van der Waals surface area contributed by atoms with Gasteiger partial charge in [-0.1, -0.05) is 6.07 Å². The lowest BCUT2D eigenvalue weighted by molar-refractivity contribution is 0.0765. The second-order valence-corrected chi connectivity index (χ2v) is 5.70. The van der Waals surface area contributed by atoms with Gasteiger partial charge in [0.25, 0.3) is 0 Å². The van der Waals surface area contributed by atoms with Crippen molar-refractivity contribution in [3.63, 3.8) is 0 Å². The first-order valence-electron chi connectivity index (χ1n) is 5.61. The van der Waals surface area contributed by atoms with Crippen LogP contribution >= 0.6 is 0 Å². The summed E-state index contributed by atoms with van der Waals surface area (Å²) < 4.78 is 28.1. The van der Waals surface area contributed by atoms with Crippen LogP contribution in [0.5, 0.6) is 0 Å². The molecule has 0 aliphatic carbocycles. The van der Waals surface area contributed by atoms with Crippen LogP contribution in [-0.4, -0.2) is 34.2 Å². The Labute approximate surface area is 111 Å². The highest BCUT2D eigenvalue weighted by Gasteiger charge is 2.24. The summed E-state index contributed by atoms with van der Waals surface area (Å²) >= 11 is 0. The summed E-state index contributed by atoms with van der Waals surface area (Å²) in [5, 5.41) is 14.0. The first-order chi connectivity index (χ1) is 8.93. The molecule has 1 aromatic carbocycles. The van der Waals surface area contributed by atoms with E-state index in [0.717, 1.165) is 0 Å². The summed E-state index contributed by atoms with van der Waals surface area (Å²) in [4.78, 5) is 1.71. The molecule has 1 aliphatic heterocycles. The number of hydrogen-bond acceptors (Lipinski definition) is 6. The van der Waals surface area contributed by atoms with Gasteiger partial charge in [0, 0.05) is 6.54 Å². The van der Waals surface area contributed by atoms with Crippen LogP contribution in [0, 0.1) is 11.3 Å². The van der Waals surface area contributed by atoms with Crippen molar-refractivity contribution in [1.29, 1.82) is 5.26 Å². The number of sulfonamides is 1. The maximum absolute atomic E-state index is 11.4. The van der Waals surface area contributed by atoms with Crippen molar-refractivity contribution in [2.75, 3.05) is 30.3 Å². The molecule has 0 saturated carbocycles. The van der Waals surface area contributed by atoms with Gasteiger partial charge >= 0.3 is 0 Å². The average Bonchev–Trinajstić information content (AvgIpc) is 2.37. The van der Waals surface area contributed by atoms with Gasteiger partial charge in [-0.05, 0) is 12.1 Å². The van der Waals surface area contributed by atoms with E-state index in [-0.39, 0.29) is 10.6 Å². The number of ether oxygens (including phenoxy) is 1. The van der Waals surface area contributed by atoms with Crippen LogP contribution in [-0.2, 0) is 14.8 Å². The Morgan fingerprint density at radius 1 is 1.47 bits per heavy atom. The molecule has 2 rings (SSSR count). The Balaban J connectivity index is 2.39. The lowest BCUT2D eigenvalue weighted by Gasteiger charge is -2.32. The Bertz CT molecular complexity index is 623. The van der Waals surface area contributed by atoms with Gasteiger partial charge in [0.05, 0.1) is 30.6 Å². The molecule has 1 aromatic rings. The van der Waals surface area contributed by atoms with Gasteiger partial charge in [0.2, 0.25) is 10.0 Å². The largest absolute Gasteiger partial charge is 0.396 e. The molecule has 1 atom stereocenters. The van der Waals surface area contributed by atoms with Crippen LogP contribution in [0.15, 0.2) is 23.1 Å². The van der Waals surface area contributed by atoms with Gasteiger partial charge in [0.15, 0.2) is 6.10 Å². The molecule has 0 amide bonds. The van der Waals surface area contributed by atoms with Gasteiger partial charge in [0.1, 0.15) is 4.90 Å². The maximum Gasteiger partial charge on any atom is 0.240 e.